The number of nitrogens with zero attached hydrogens (tertiary/aromatic N) is 2. The Labute approximate surface area is 135 Å². The molecule has 5 nitrogen and oxygen atoms in total. The summed E-state index contributed by atoms with van der Waals surface area (Å²) in [6.07, 6.45) is 3.15. The molecule has 2 heterocycles. The highest BCUT2D eigenvalue weighted by atomic mass is 19.1. The highest BCUT2D eigenvalue weighted by Crippen LogP contribution is 2.23. The number of ether oxygens (including phenoxy) is 1. The van der Waals surface area contributed by atoms with E-state index in [1.807, 2.05) is 0 Å². The number of aromatic hydroxyl groups is 1. The molecule has 0 saturated carbocycles. The van der Waals surface area contributed by atoms with E-state index in [0.29, 0.717) is 19.7 Å². The number of amides is 1. The quantitative estimate of drug-likeness (QED) is 0.923. The summed E-state index contributed by atoms with van der Waals surface area (Å²) in [4.78, 5) is 16.7. The Bertz CT molecular complexity index is 561. The molecular weight excluding hydrogens is 299 g/mol. The number of halogens is 1. The lowest BCUT2D eigenvalue weighted by Crippen LogP contribution is -2.41. The summed E-state index contributed by atoms with van der Waals surface area (Å²) in [6, 6.07) is 4.05. The summed E-state index contributed by atoms with van der Waals surface area (Å²) >= 11 is 0. The van der Waals surface area contributed by atoms with Gasteiger partial charge < -0.3 is 19.6 Å². The normalized spacial score (nSPS) is 23.0. The van der Waals surface area contributed by atoms with Gasteiger partial charge in [-0.2, -0.15) is 0 Å². The lowest BCUT2D eigenvalue weighted by molar-refractivity contribution is 0.0297. The van der Waals surface area contributed by atoms with Gasteiger partial charge in [0.25, 0.3) is 5.91 Å². The lowest BCUT2D eigenvalue weighted by atomic mass is 10.1. The predicted octanol–water partition coefficient (Wildman–Crippen LogP) is 1.86. The molecule has 0 bridgehead atoms. The third-order valence-electron chi connectivity index (χ3n) is 4.51. The van der Waals surface area contributed by atoms with Gasteiger partial charge in [0, 0.05) is 26.2 Å². The van der Waals surface area contributed by atoms with Gasteiger partial charge >= 0.3 is 0 Å². The number of benzene rings is 1. The van der Waals surface area contributed by atoms with Crippen molar-refractivity contribution in [2.24, 2.45) is 0 Å². The maximum absolute atomic E-state index is 13.5. The molecule has 2 aliphatic rings. The van der Waals surface area contributed by atoms with Crippen molar-refractivity contribution in [1.29, 1.82) is 0 Å². The average Bonchev–Trinajstić information content (AvgIpc) is 2.94. The number of hydrogen-bond acceptors (Lipinski definition) is 4. The van der Waals surface area contributed by atoms with E-state index in [0.717, 1.165) is 32.1 Å². The van der Waals surface area contributed by atoms with Gasteiger partial charge in [-0.05, 0) is 44.5 Å². The molecular formula is C17H23FN2O3. The third kappa shape index (κ3) is 3.82. The number of para-hydroxylation sites is 1. The number of phenols is 1. The minimum atomic E-state index is -0.768. The molecule has 0 spiro atoms. The van der Waals surface area contributed by atoms with E-state index < -0.39 is 11.6 Å². The van der Waals surface area contributed by atoms with Gasteiger partial charge in [-0.3, -0.25) is 4.79 Å². The first-order valence-electron chi connectivity index (χ1n) is 8.26. The van der Waals surface area contributed by atoms with Crippen LogP contribution in [0.15, 0.2) is 18.2 Å². The number of likely N-dealkylation sites (tertiary alicyclic amines) is 1. The summed E-state index contributed by atoms with van der Waals surface area (Å²) in [5, 5.41) is 9.80. The Balaban J connectivity index is 1.69. The molecule has 2 saturated heterocycles. The van der Waals surface area contributed by atoms with E-state index in [9.17, 15) is 14.3 Å². The maximum Gasteiger partial charge on any atom is 0.257 e. The minimum absolute atomic E-state index is 0.0202. The van der Waals surface area contributed by atoms with Crippen LogP contribution in [-0.4, -0.2) is 66.2 Å². The van der Waals surface area contributed by atoms with E-state index in [2.05, 4.69) is 4.90 Å². The van der Waals surface area contributed by atoms with Crippen molar-refractivity contribution in [3.63, 3.8) is 0 Å². The standard InChI is InChI=1S/C17H23FN2O3/c18-15-6-3-5-14(16(15)21)17(22)20-9-4-10-23-13(12-20)11-19-7-1-2-8-19/h3,5-6,13,21H,1-2,4,7-12H2. The van der Waals surface area contributed by atoms with Crippen LogP contribution in [0.25, 0.3) is 0 Å². The summed E-state index contributed by atoms with van der Waals surface area (Å²) in [7, 11) is 0. The van der Waals surface area contributed by atoms with E-state index in [4.69, 9.17) is 4.74 Å². The van der Waals surface area contributed by atoms with Crippen LogP contribution >= 0.6 is 0 Å². The molecule has 1 N–H and O–H groups in total. The summed E-state index contributed by atoms with van der Waals surface area (Å²) < 4.78 is 19.3. The second-order valence-corrected chi connectivity index (χ2v) is 6.24. The SMILES string of the molecule is O=C(c1cccc(F)c1O)N1CCCOC(CN2CCCC2)C1. The molecule has 2 aliphatic heterocycles. The first kappa shape index (κ1) is 16.2. The van der Waals surface area contributed by atoms with Gasteiger partial charge in [-0.15, -0.1) is 0 Å². The Morgan fingerprint density at radius 3 is 2.83 bits per heavy atom. The van der Waals surface area contributed by atoms with Crippen LogP contribution in [0.2, 0.25) is 0 Å². The minimum Gasteiger partial charge on any atom is -0.504 e. The smallest absolute Gasteiger partial charge is 0.257 e. The highest BCUT2D eigenvalue weighted by molar-refractivity contribution is 5.96. The monoisotopic (exact) mass is 322 g/mol. The molecule has 3 rings (SSSR count). The van der Waals surface area contributed by atoms with Crippen molar-refractivity contribution < 1.29 is 19.0 Å². The zero-order valence-corrected chi connectivity index (χ0v) is 13.2. The molecule has 1 atom stereocenters. The number of hydrogen-bond donors (Lipinski definition) is 1. The van der Waals surface area contributed by atoms with E-state index >= 15 is 0 Å². The summed E-state index contributed by atoms with van der Waals surface area (Å²) in [5.74, 6) is -1.67. The summed E-state index contributed by atoms with van der Waals surface area (Å²) in [5.41, 5.74) is 0.0202. The molecule has 0 aromatic heterocycles. The van der Waals surface area contributed by atoms with Crippen LogP contribution in [0.1, 0.15) is 29.6 Å². The van der Waals surface area contributed by atoms with Gasteiger partial charge in [0.15, 0.2) is 11.6 Å². The number of carbonyl (C=O) groups excluding carboxylic acids is 1. The fraction of sp³-hybridized carbons (Fsp3) is 0.588. The van der Waals surface area contributed by atoms with Gasteiger partial charge in [-0.25, -0.2) is 4.39 Å². The van der Waals surface area contributed by atoms with Crippen LogP contribution in [-0.2, 0) is 4.74 Å². The maximum atomic E-state index is 13.5. The van der Waals surface area contributed by atoms with Crippen LogP contribution in [0.4, 0.5) is 4.39 Å². The summed E-state index contributed by atoms with van der Waals surface area (Å²) in [6.45, 7) is 4.64. The average molecular weight is 322 g/mol. The molecule has 6 heteroatoms. The third-order valence-corrected chi connectivity index (χ3v) is 4.51. The molecule has 1 aromatic rings. The van der Waals surface area contributed by atoms with Gasteiger partial charge in [0.2, 0.25) is 0 Å². The van der Waals surface area contributed by atoms with Gasteiger partial charge in [-0.1, -0.05) is 6.07 Å². The first-order chi connectivity index (χ1) is 11.1. The Morgan fingerprint density at radius 2 is 2.04 bits per heavy atom. The van der Waals surface area contributed by atoms with Crippen LogP contribution in [0.5, 0.6) is 5.75 Å². The Kier molecular flexibility index (Phi) is 5.13. The molecule has 23 heavy (non-hydrogen) atoms. The second-order valence-electron chi connectivity index (χ2n) is 6.24. The second kappa shape index (κ2) is 7.27. The first-order valence-corrected chi connectivity index (χ1v) is 8.26. The predicted molar refractivity (Wildman–Crippen MR) is 84.0 cm³/mol. The van der Waals surface area contributed by atoms with E-state index in [1.165, 1.54) is 25.0 Å². The van der Waals surface area contributed by atoms with Gasteiger partial charge in [0.05, 0.1) is 11.7 Å². The van der Waals surface area contributed by atoms with Crippen molar-refractivity contribution in [2.75, 3.05) is 39.3 Å². The van der Waals surface area contributed by atoms with Gasteiger partial charge in [0.1, 0.15) is 0 Å². The molecule has 126 valence electrons. The van der Waals surface area contributed by atoms with E-state index in [1.54, 1.807) is 4.90 Å². The number of phenolic OH excluding ortho intramolecular Hbond substituents is 1. The van der Waals surface area contributed by atoms with Crippen molar-refractivity contribution >= 4 is 5.91 Å². The lowest BCUT2D eigenvalue weighted by Gasteiger charge is -2.27. The largest absolute Gasteiger partial charge is 0.504 e. The number of carbonyl (C=O) groups is 1. The molecule has 1 amide bonds. The van der Waals surface area contributed by atoms with Crippen LogP contribution in [0.3, 0.4) is 0 Å². The van der Waals surface area contributed by atoms with Crippen LogP contribution in [0, 0.1) is 5.82 Å². The molecule has 2 fully saturated rings. The zero-order valence-electron chi connectivity index (χ0n) is 13.2. The van der Waals surface area contributed by atoms with Crippen molar-refractivity contribution in [3.05, 3.63) is 29.6 Å². The van der Waals surface area contributed by atoms with E-state index in [-0.39, 0.29) is 17.6 Å². The van der Waals surface area contributed by atoms with Crippen LogP contribution < -0.4 is 0 Å². The number of rotatable bonds is 3. The Hall–Kier alpha value is -1.66. The molecule has 0 aliphatic carbocycles. The highest BCUT2D eigenvalue weighted by Gasteiger charge is 2.27. The Morgan fingerprint density at radius 1 is 1.26 bits per heavy atom. The van der Waals surface area contributed by atoms with Crippen molar-refractivity contribution in [2.45, 2.75) is 25.4 Å². The fourth-order valence-corrected chi connectivity index (χ4v) is 3.30. The molecule has 1 aromatic carbocycles. The topological polar surface area (TPSA) is 53.0 Å². The zero-order chi connectivity index (χ0) is 16.2. The van der Waals surface area contributed by atoms with Crippen molar-refractivity contribution in [3.8, 4) is 5.75 Å². The molecule has 1 unspecified atom stereocenters. The fourth-order valence-electron chi connectivity index (χ4n) is 3.30. The molecule has 0 radical (unpaired) electrons. The van der Waals surface area contributed by atoms with Crippen molar-refractivity contribution in [1.82, 2.24) is 9.80 Å².